The Bertz CT molecular complexity index is 797. The molecule has 0 unspecified atom stereocenters. The summed E-state index contributed by atoms with van der Waals surface area (Å²) in [5.74, 6) is 0.838. The van der Waals surface area contributed by atoms with Crippen molar-refractivity contribution in [3.05, 3.63) is 90.0 Å². The lowest BCUT2D eigenvalue weighted by atomic mass is 10.1. The molecule has 0 atom stereocenters. The number of hydrogen-bond donors (Lipinski definition) is 1. The third-order valence-corrected chi connectivity index (χ3v) is 3.81. The molecule has 3 aromatic carbocycles. The zero-order valence-electron chi connectivity index (χ0n) is 12.6. The van der Waals surface area contributed by atoms with Crippen molar-refractivity contribution in [2.75, 3.05) is 0 Å². The molecule has 0 amide bonds. The van der Waals surface area contributed by atoms with Crippen LogP contribution in [0.2, 0.25) is 0 Å². The van der Waals surface area contributed by atoms with Crippen LogP contribution in [0.1, 0.15) is 11.1 Å². The molecule has 0 aliphatic heterocycles. The topological polar surface area (TPSA) is 35.2 Å². The van der Waals surface area contributed by atoms with Gasteiger partial charge in [0.25, 0.3) is 0 Å². The summed E-state index contributed by atoms with van der Waals surface area (Å²) in [6.07, 6.45) is 0. The Morgan fingerprint density at radius 2 is 1.52 bits per heavy atom. The maximum atomic E-state index is 5.83. The maximum absolute atomic E-state index is 5.83. The van der Waals surface area contributed by atoms with Gasteiger partial charge in [-0.2, -0.15) is 0 Å². The molecule has 3 heteroatoms. The van der Waals surface area contributed by atoms with Crippen LogP contribution in [-0.2, 0) is 6.61 Å². The van der Waals surface area contributed by atoms with Gasteiger partial charge in [0.2, 0.25) is 0 Å². The molecule has 2 nitrogen and oxygen atoms in total. The summed E-state index contributed by atoms with van der Waals surface area (Å²) in [7, 11) is 0. The van der Waals surface area contributed by atoms with E-state index >= 15 is 0 Å². The fourth-order valence-corrected chi connectivity index (χ4v) is 2.48. The lowest BCUT2D eigenvalue weighted by molar-refractivity contribution is 0.306. The first-order valence-corrected chi connectivity index (χ1v) is 7.80. The van der Waals surface area contributed by atoms with Gasteiger partial charge in [0.05, 0.1) is 0 Å². The Hall–Kier alpha value is -2.65. The van der Waals surface area contributed by atoms with E-state index in [1.807, 2.05) is 54.6 Å². The zero-order chi connectivity index (χ0) is 16.1. The molecule has 3 rings (SSSR count). The summed E-state index contributed by atoms with van der Waals surface area (Å²) in [6, 6.07) is 26.2. The molecular formula is C20H17NOS. The van der Waals surface area contributed by atoms with Crippen molar-refractivity contribution < 1.29 is 4.74 Å². The second-order valence-electron chi connectivity index (χ2n) is 5.24. The highest BCUT2D eigenvalue weighted by atomic mass is 32.1. The quantitative estimate of drug-likeness (QED) is 0.700. The van der Waals surface area contributed by atoms with Gasteiger partial charge in [-0.3, -0.25) is 0 Å². The Labute approximate surface area is 141 Å². The average molecular weight is 319 g/mol. The highest BCUT2D eigenvalue weighted by Gasteiger charge is 2.01. The van der Waals surface area contributed by atoms with E-state index in [-0.39, 0.29) is 0 Å². The van der Waals surface area contributed by atoms with Gasteiger partial charge in [-0.25, -0.2) is 0 Å². The molecule has 0 saturated carbocycles. The molecule has 0 heterocycles. The van der Waals surface area contributed by atoms with Gasteiger partial charge in [0.15, 0.2) is 0 Å². The van der Waals surface area contributed by atoms with E-state index in [0.717, 1.165) is 16.9 Å². The second kappa shape index (κ2) is 7.07. The molecule has 0 radical (unpaired) electrons. The van der Waals surface area contributed by atoms with Crippen LogP contribution in [0.5, 0.6) is 5.75 Å². The predicted octanol–water partition coefficient (Wildman–Crippen LogP) is 4.57. The smallest absolute Gasteiger partial charge is 0.119 e. The lowest BCUT2D eigenvalue weighted by Gasteiger charge is -2.08. The van der Waals surface area contributed by atoms with Crippen molar-refractivity contribution in [1.82, 2.24) is 0 Å². The zero-order valence-corrected chi connectivity index (χ0v) is 13.4. The van der Waals surface area contributed by atoms with Gasteiger partial charge in [-0.15, -0.1) is 0 Å². The second-order valence-corrected chi connectivity index (χ2v) is 5.68. The van der Waals surface area contributed by atoms with Gasteiger partial charge in [0, 0.05) is 5.56 Å². The molecule has 0 aliphatic carbocycles. The number of rotatable bonds is 5. The van der Waals surface area contributed by atoms with Gasteiger partial charge in [-0.1, -0.05) is 72.9 Å². The summed E-state index contributed by atoms with van der Waals surface area (Å²) in [5.41, 5.74) is 9.93. The van der Waals surface area contributed by atoms with Crippen molar-refractivity contribution in [1.29, 1.82) is 0 Å². The van der Waals surface area contributed by atoms with E-state index in [4.69, 9.17) is 22.7 Å². The minimum atomic E-state index is 0.402. The van der Waals surface area contributed by atoms with Crippen LogP contribution >= 0.6 is 12.2 Å². The third-order valence-electron chi connectivity index (χ3n) is 3.58. The number of benzene rings is 3. The summed E-state index contributed by atoms with van der Waals surface area (Å²) in [4.78, 5) is 0.402. The summed E-state index contributed by atoms with van der Waals surface area (Å²) in [5, 5.41) is 0. The average Bonchev–Trinajstić information content (AvgIpc) is 2.61. The lowest BCUT2D eigenvalue weighted by Crippen LogP contribution is -2.09. The maximum Gasteiger partial charge on any atom is 0.119 e. The van der Waals surface area contributed by atoms with E-state index < -0.39 is 0 Å². The number of hydrogen-bond acceptors (Lipinski definition) is 2. The Balaban J connectivity index is 1.67. The highest BCUT2D eigenvalue weighted by Crippen LogP contribution is 2.22. The first-order chi connectivity index (χ1) is 11.2. The molecule has 0 aromatic heterocycles. The predicted molar refractivity (Wildman–Crippen MR) is 98.5 cm³/mol. The van der Waals surface area contributed by atoms with E-state index in [1.165, 1.54) is 11.1 Å². The molecule has 114 valence electrons. The van der Waals surface area contributed by atoms with E-state index in [2.05, 4.69) is 24.3 Å². The molecule has 0 saturated heterocycles. The van der Waals surface area contributed by atoms with Crippen LogP contribution in [0.15, 0.2) is 78.9 Å². The van der Waals surface area contributed by atoms with E-state index in [9.17, 15) is 0 Å². The van der Waals surface area contributed by atoms with Gasteiger partial charge < -0.3 is 10.5 Å². The van der Waals surface area contributed by atoms with Crippen molar-refractivity contribution in [3.63, 3.8) is 0 Å². The number of ether oxygens (including phenoxy) is 1. The first kappa shape index (κ1) is 15.3. The molecule has 0 aliphatic rings. The molecule has 0 bridgehead atoms. The first-order valence-electron chi connectivity index (χ1n) is 7.39. The van der Waals surface area contributed by atoms with Crippen molar-refractivity contribution in [2.24, 2.45) is 5.73 Å². The van der Waals surface area contributed by atoms with Crippen molar-refractivity contribution in [3.8, 4) is 16.9 Å². The number of thiocarbonyl (C=S) groups is 1. The summed E-state index contributed by atoms with van der Waals surface area (Å²) < 4.78 is 5.83. The van der Waals surface area contributed by atoms with Crippen LogP contribution < -0.4 is 10.5 Å². The minimum absolute atomic E-state index is 0.402. The van der Waals surface area contributed by atoms with Gasteiger partial charge >= 0.3 is 0 Å². The van der Waals surface area contributed by atoms with Gasteiger partial charge in [0.1, 0.15) is 17.3 Å². The van der Waals surface area contributed by atoms with Crippen LogP contribution in [0.4, 0.5) is 0 Å². The monoisotopic (exact) mass is 319 g/mol. The fraction of sp³-hybridized carbons (Fsp3) is 0.0500. The van der Waals surface area contributed by atoms with Crippen molar-refractivity contribution >= 4 is 17.2 Å². The summed E-state index contributed by atoms with van der Waals surface area (Å²) in [6.45, 7) is 0.487. The molecule has 23 heavy (non-hydrogen) atoms. The Kier molecular flexibility index (Phi) is 4.69. The molecule has 0 spiro atoms. The fourth-order valence-electron chi connectivity index (χ4n) is 2.36. The Morgan fingerprint density at radius 3 is 2.22 bits per heavy atom. The van der Waals surface area contributed by atoms with Crippen molar-refractivity contribution in [2.45, 2.75) is 6.61 Å². The highest BCUT2D eigenvalue weighted by molar-refractivity contribution is 7.80. The largest absolute Gasteiger partial charge is 0.489 e. The molecule has 2 N–H and O–H groups in total. The summed E-state index contributed by atoms with van der Waals surface area (Å²) >= 11 is 5.00. The SMILES string of the molecule is NC(=S)c1cccc(COc2ccc(-c3ccccc3)cc2)c1. The number of nitrogens with two attached hydrogens (primary N) is 1. The molecule has 0 fully saturated rings. The van der Waals surface area contributed by atoms with Crippen LogP contribution in [0.3, 0.4) is 0 Å². The van der Waals surface area contributed by atoms with E-state index in [0.29, 0.717) is 11.6 Å². The Morgan fingerprint density at radius 1 is 0.826 bits per heavy atom. The third kappa shape index (κ3) is 3.96. The van der Waals surface area contributed by atoms with Gasteiger partial charge in [-0.05, 0) is 34.9 Å². The normalized spacial score (nSPS) is 10.3. The van der Waals surface area contributed by atoms with Crippen LogP contribution in [0, 0.1) is 0 Å². The molecule has 3 aromatic rings. The molecular weight excluding hydrogens is 302 g/mol. The van der Waals surface area contributed by atoms with E-state index in [1.54, 1.807) is 0 Å². The standard InChI is InChI=1S/C20H17NOS/c21-20(23)18-8-4-5-15(13-18)14-22-19-11-9-17(10-12-19)16-6-2-1-3-7-16/h1-13H,14H2,(H2,21,23). The van der Waals surface area contributed by atoms with Crippen LogP contribution in [0.25, 0.3) is 11.1 Å². The van der Waals surface area contributed by atoms with Crippen LogP contribution in [-0.4, -0.2) is 4.99 Å². The minimum Gasteiger partial charge on any atom is -0.489 e.